The minimum atomic E-state index is -3.44. The summed E-state index contributed by atoms with van der Waals surface area (Å²) in [7, 11) is -3.44. The van der Waals surface area contributed by atoms with E-state index in [0.29, 0.717) is 5.56 Å². The first-order valence-electron chi connectivity index (χ1n) is 7.30. The average Bonchev–Trinajstić information content (AvgIpc) is 2.47. The first-order valence-corrected chi connectivity index (χ1v) is 8.95. The molecule has 1 atom stereocenters. The van der Waals surface area contributed by atoms with Crippen LogP contribution in [-0.4, -0.2) is 31.1 Å². The predicted molar refractivity (Wildman–Crippen MR) is 89.1 cm³/mol. The second kappa shape index (κ2) is 6.91. The van der Waals surface area contributed by atoms with Crippen molar-refractivity contribution in [1.82, 2.24) is 10.3 Å². The predicted octanol–water partition coefficient (Wildman–Crippen LogP) is 2.29. The summed E-state index contributed by atoms with van der Waals surface area (Å²) in [5, 5.41) is 2.70. The van der Waals surface area contributed by atoms with E-state index < -0.39 is 15.9 Å². The molecule has 0 bridgehead atoms. The van der Waals surface area contributed by atoms with Gasteiger partial charge in [0.25, 0.3) is 5.91 Å². The van der Waals surface area contributed by atoms with E-state index in [1.165, 1.54) is 6.20 Å². The van der Waals surface area contributed by atoms with Crippen LogP contribution in [0.5, 0.6) is 0 Å². The van der Waals surface area contributed by atoms with E-state index in [1.54, 1.807) is 43.5 Å². The van der Waals surface area contributed by atoms with E-state index in [1.807, 2.05) is 13.8 Å². The van der Waals surface area contributed by atoms with Crippen molar-refractivity contribution in [3.05, 3.63) is 59.4 Å². The van der Waals surface area contributed by atoms with Crippen LogP contribution in [0.4, 0.5) is 0 Å². The molecule has 1 amide bonds. The second-order valence-corrected chi connectivity index (χ2v) is 7.75. The molecule has 0 aliphatic carbocycles. The van der Waals surface area contributed by atoms with Gasteiger partial charge in [-0.3, -0.25) is 9.78 Å². The van der Waals surface area contributed by atoms with Gasteiger partial charge in [-0.1, -0.05) is 17.7 Å². The molecule has 0 fully saturated rings. The second-order valence-electron chi connectivity index (χ2n) is 5.72. The normalized spacial score (nSPS) is 12.7. The lowest BCUT2D eigenvalue weighted by Crippen LogP contribution is -2.37. The molecule has 0 radical (unpaired) electrons. The highest BCUT2D eigenvalue weighted by Crippen LogP contribution is 2.13. The molecule has 23 heavy (non-hydrogen) atoms. The molecule has 2 rings (SSSR count). The van der Waals surface area contributed by atoms with Crippen LogP contribution < -0.4 is 5.32 Å². The zero-order valence-corrected chi connectivity index (χ0v) is 14.2. The number of aryl methyl sites for hydroxylation is 2. The number of nitrogens with one attached hydrogen (secondary N) is 1. The van der Waals surface area contributed by atoms with Gasteiger partial charge in [-0.2, -0.15) is 0 Å². The van der Waals surface area contributed by atoms with Crippen molar-refractivity contribution in [2.75, 3.05) is 5.75 Å². The van der Waals surface area contributed by atoms with Crippen molar-refractivity contribution in [3.8, 4) is 0 Å². The summed E-state index contributed by atoms with van der Waals surface area (Å²) in [6, 6.07) is 7.90. The van der Waals surface area contributed by atoms with Gasteiger partial charge in [0, 0.05) is 18.4 Å². The quantitative estimate of drug-likeness (QED) is 0.911. The van der Waals surface area contributed by atoms with E-state index in [2.05, 4.69) is 10.3 Å². The third-order valence-electron chi connectivity index (χ3n) is 3.36. The Morgan fingerprint density at radius 2 is 1.78 bits per heavy atom. The smallest absolute Gasteiger partial charge is 0.253 e. The summed E-state index contributed by atoms with van der Waals surface area (Å²) in [5.41, 5.74) is 2.29. The number of pyridine rings is 1. The van der Waals surface area contributed by atoms with Crippen LogP contribution in [0.2, 0.25) is 0 Å². The summed E-state index contributed by atoms with van der Waals surface area (Å²) in [4.78, 5) is 16.4. The highest BCUT2D eigenvalue weighted by Gasteiger charge is 2.20. The fraction of sp³-hybridized carbons (Fsp3) is 0.294. The van der Waals surface area contributed by atoms with Gasteiger partial charge in [-0.25, -0.2) is 8.42 Å². The molecule has 1 aromatic carbocycles. The van der Waals surface area contributed by atoms with E-state index in [0.717, 1.165) is 11.1 Å². The standard InChI is InChI=1S/C17H20N2O3S/c1-12-4-6-16(7-5-12)23(21,22)11-14(3)19-17(20)15-8-13(2)9-18-10-15/h4-10,14H,11H2,1-3H3,(H,19,20). The molecule has 6 heteroatoms. The number of hydrogen-bond acceptors (Lipinski definition) is 4. The molecule has 1 aromatic heterocycles. The third-order valence-corrected chi connectivity index (χ3v) is 5.29. The van der Waals surface area contributed by atoms with Crippen molar-refractivity contribution < 1.29 is 13.2 Å². The maximum absolute atomic E-state index is 12.4. The molecular formula is C17H20N2O3S. The maximum Gasteiger partial charge on any atom is 0.253 e. The van der Waals surface area contributed by atoms with Crippen molar-refractivity contribution >= 4 is 15.7 Å². The van der Waals surface area contributed by atoms with Crippen LogP contribution in [0.1, 0.15) is 28.4 Å². The highest BCUT2D eigenvalue weighted by molar-refractivity contribution is 7.91. The van der Waals surface area contributed by atoms with Crippen LogP contribution in [0.3, 0.4) is 0 Å². The zero-order valence-electron chi connectivity index (χ0n) is 13.4. The fourth-order valence-corrected chi connectivity index (χ4v) is 3.68. The average molecular weight is 332 g/mol. The molecule has 1 N–H and O–H groups in total. The van der Waals surface area contributed by atoms with Crippen LogP contribution in [0.25, 0.3) is 0 Å². The lowest BCUT2D eigenvalue weighted by molar-refractivity contribution is 0.0943. The van der Waals surface area contributed by atoms with Crippen molar-refractivity contribution in [2.45, 2.75) is 31.7 Å². The molecule has 2 aromatic rings. The molecule has 0 saturated carbocycles. The van der Waals surface area contributed by atoms with Gasteiger partial charge in [0.1, 0.15) is 0 Å². The number of hydrogen-bond donors (Lipinski definition) is 1. The Balaban J connectivity index is 2.05. The van der Waals surface area contributed by atoms with Crippen LogP contribution in [-0.2, 0) is 9.84 Å². The van der Waals surface area contributed by atoms with Crippen LogP contribution >= 0.6 is 0 Å². The Hall–Kier alpha value is -2.21. The topological polar surface area (TPSA) is 76.1 Å². The SMILES string of the molecule is Cc1ccc(S(=O)(=O)CC(C)NC(=O)c2cncc(C)c2)cc1. The Labute approximate surface area is 136 Å². The van der Waals surface area contributed by atoms with E-state index in [-0.39, 0.29) is 16.6 Å². The Morgan fingerprint density at radius 3 is 2.39 bits per heavy atom. The van der Waals surface area contributed by atoms with Gasteiger partial charge in [0.05, 0.1) is 16.2 Å². The van der Waals surface area contributed by atoms with Gasteiger partial charge >= 0.3 is 0 Å². The number of carbonyl (C=O) groups excluding carboxylic acids is 1. The number of nitrogens with zero attached hydrogens (tertiary/aromatic N) is 1. The summed E-state index contributed by atoms with van der Waals surface area (Å²) in [5.74, 6) is -0.478. The Morgan fingerprint density at radius 1 is 1.13 bits per heavy atom. The van der Waals surface area contributed by atoms with Crippen molar-refractivity contribution in [1.29, 1.82) is 0 Å². The molecule has 0 aliphatic rings. The Kier molecular flexibility index (Phi) is 5.15. The zero-order chi connectivity index (χ0) is 17.0. The Bertz CT molecular complexity index is 799. The summed E-state index contributed by atoms with van der Waals surface area (Å²) < 4.78 is 24.7. The highest BCUT2D eigenvalue weighted by atomic mass is 32.2. The molecule has 0 aliphatic heterocycles. The maximum atomic E-state index is 12.4. The lowest BCUT2D eigenvalue weighted by atomic mass is 10.2. The van der Waals surface area contributed by atoms with Gasteiger partial charge in [0.15, 0.2) is 9.84 Å². The number of amides is 1. The third kappa shape index (κ3) is 4.63. The number of sulfone groups is 1. The largest absolute Gasteiger partial charge is 0.349 e. The van der Waals surface area contributed by atoms with E-state index in [4.69, 9.17) is 0 Å². The van der Waals surface area contributed by atoms with Gasteiger partial charge in [-0.15, -0.1) is 0 Å². The molecule has 1 unspecified atom stereocenters. The van der Waals surface area contributed by atoms with E-state index in [9.17, 15) is 13.2 Å². The monoisotopic (exact) mass is 332 g/mol. The molecule has 1 heterocycles. The van der Waals surface area contributed by atoms with Crippen molar-refractivity contribution in [3.63, 3.8) is 0 Å². The molecule has 122 valence electrons. The summed E-state index contributed by atoms with van der Waals surface area (Å²) in [6.45, 7) is 5.41. The number of aromatic nitrogens is 1. The molecular weight excluding hydrogens is 312 g/mol. The van der Waals surface area contributed by atoms with Crippen LogP contribution in [0, 0.1) is 13.8 Å². The lowest BCUT2D eigenvalue weighted by Gasteiger charge is -2.14. The van der Waals surface area contributed by atoms with Gasteiger partial charge < -0.3 is 5.32 Å². The van der Waals surface area contributed by atoms with Crippen LogP contribution in [0.15, 0.2) is 47.6 Å². The fourth-order valence-electron chi connectivity index (χ4n) is 2.20. The summed E-state index contributed by atoms with van der Waals surface area (Å²) in [6.07, 6.45) is 3.12. The number of rotatable bonds is 5. The summed E-state index contributed by atoms with van der Waals surface area (Å²) >= 11 is 0. The van der Waals surface area contributed by atoms with E-state index >= 15 is 0 Å². The van der Waals surface area contributed by atoms with Gasteiger partial charge in [0.2, 0.25) is 0 Å². The first kappa shape index (κ1) is 17.1. The molecule has 0 saturated heterocycles. The van der Waals surface area contributed by atoms with Gasteiger partial charge in [-0.05, 0) is 44.5 Å². The first-order chi connectivity index (χ1) is 10.8. The molecule has 5 nitrogen and oxygen atoms in total. The molecule has 0 spiro atoms. The number of carbonyl (C=O) groups is 1. The number of benzene rings is 1. The minimum Gasteiger partial charge on any atom is -0.349 e. The van der Waals surface area contributed by atoms with Crippen molar-refractivity contribution in [2.24, 2.45) is 0 Å². The minimum absolute atomic E-state index is 0.152.